The normalized spacial score (nSPS) is 20.8. The average molecular weight is 230 g/mol. The monoisotopic (exact) mass is 229 g/mol. The second-order valence-electron chi connectivity index (χ2n) is 3.09. The van der Waals surface area contributed by atoms with E-state index < -0.39 is 4.84 Å². The molecule has 14 heavy (non-hydrogen) atoms. The third kappa shape index (κ3) is 2.02. The molecule has 0 amide bonds. The van der Waals surface area contributed by atoms with Gasteiger partial charge in [0.25, 0.3) is 0 Å². The standard InChI is InChI=1S/C10H9Cl2NO/c11-10(12)9-6-8(13-14-9)7-4-2-1-3-5-7/h1-5,9-10H,6H2. The number of oxime groups is 1. The Morgan fingerprint density at radius 1 is 1.29 bits per heavy atom. The molecule has 2 rings (SSSR count). The van der Waals surface area contributed by atoms with Gasteiger partial charge in [-0.05, 0) is 5.56 Å². The van der Waals surface area contributed by atoms with E-state index in [2.05, 4.69) is 5.16 Å². The Hall–Kier alpha value is -0.730. The van der Waals surface area contributed by atoms with E-state index in [1.807, 2.05) is 30.3 Å². The first kappa shape index (κ1) is 9.81. The molecule has 0 radical (unpaired) electrons. The van der Waals surface area contributed by atoms with Gasteiger partial charge in [0.2, 0.25) is 0 Å². The maximum absolute atomic E-state index is 5.70. The van der Waals surface area contributed by atoms with Crippen LogP contribution in [0.4, 0.5) is 0 Å². The number of hydrogen-bond acceptors (Lipinski definition) is 2. The molecule has 0 N–H and O–H groups in total. The van der Waals surface area contributed by atoms with Gasteiger partial charge in [-0.3, -0.25) is 0 Å². The van der Waals surface area contributed by atoms with Gasteiger partial charge in [0.15, 0.2) is 6.10 Å². The van der Waals surface area contributed by atoms with Crippen molar-refractivity contribution in [1.29, 1.82) is 0 Å². The van der Waals surface area contributed by atoms with Crippen molar-refractivity contribution in [2.45, 2.75) is 17.4 Å². The summed E-state index contributed by atoms with van der Waals surface area (Å²) in [6, 6.07) is 9.86. The van der Waals surface area contributed by atoms with Gasteiger partial charge >= 0.3 is 0 Å². The molecule has 2 nitrogen and oxygen atoms in total. The first-order valence-corrected chi connectivity index (χ1v) is 5.21. The number of alkyl halides is 2. The molecule has 74 valence electrons. The first-order valence-electron chi connectivity index (χ1n) is 4.33. The van der Waals surface area contributed by atoms with Crippen LogP contribution in [0.25, 0.3) is 0 Å². The van der Waals surface area contributed by atoms with Gasteiger partial charge in [0.1, 0.15) is 4.84 Å². The van der Waals surface area contributed by atoms with E-state index in [0.717, 1.165) is 11.3 Å². The van der Waals surface area contributed by atoms with Gasteiger partial charge in [-0.15, -0.1) is 23.2 Å². The molecule has 1 heterocycles. The number of hydrogen-bond donors (Lipinski definition) is 0. The zero-order chi connectivity index (χ0) is 9.97. The summed E-state index contributed by atoms with van der Waals surface area (Å²) in [4.78, 5) is 4.58. The van der Waals surface area contributed by atoms with Gasteiger partial charge in [0.05, 0.1) is 5.71 Å². The third-order valence-corrected chi connectivity index (χ3v) is 2.64. The van der Waals surface area contributed by atoms with Crippen molar-refractivity contribution >= 4 is 28.9 Å². The highest BCUT2D eigenvalue weighted by Gasteiger charge is 2.27. The molecule has 0 aromatic heterocycles. The van der Waals surface area contributed by atoms with Crippen LogP contribution in [-0.4, -0.2) is 16.7 Å². The van der Waals surface area contributed by atoms with Gasteiger partial charge < -0.3 is 4.84 Å². The Morgan fingerprint density at radius 2 is 2.00 bits per heavy atom. The first-order chi connectivity index (χ1) is 6.77. The van der Waals surface area contributed by atoms with Crippen LogP contribution >= 0.6 is 23.2 Å². The lowest BCUT2D eigenvalue weighted by Gasteiger charge is -2.06. The largest absolute Gasteiger partial charge is 0.389 e. The summed E-state index contributed by atoms with van der Waals surface area (Å²) in [6.45, 7) is 0. The average Bonchev–Trinajstić information content (AvgIpc) is 2.68. The maximum Gasteiger partial charge on any atom is 0.163 e. The van der Waals surface area contributed by atoms with Crippen molar-refractivity contribution in [3.63, 3.8) is 0 Å². The fourth-order valence-electron chi connectivity index (χ4n) is 1.33. The molecule has 1 aromatic rings. The second-order valence-corrected chi connectivity index (χ2v) is 4.25. The van der Waals surface area contributed by atoms with Gasteiger partial charge in [0, 0.05) is 6.42 Å². The van der Waals surface area contributed by atoms with Crippen molar-refractivity contribution in [2.24, 2.45) is 5.16 Å². The fourth-order valence-corrected chi connectivity index (χ4v) is 1.60. The molecule has 0 bridgehead atoms. The van der Waals surface area contributed by atoms with Crippen molar-refractivity contribution in [3.8, 4) is 0 Å². The maximum atomic E-state index is 5.70. The number of halogens is 2. The molecule has 0 saturated carbocycles. The Kier molecular flexibility index (Phi) is 2.94. The fraction of sp³-hybridized carbons (Fsp3) is 0.300. The van der Waals surface area contributed by atoms with E-state index in [1.165, 1.54) is 0 Å². The SMILES string of the molecule is ClC(Cl)C1CC(c2ccccc2)=NO1. The summed E-state index contributed by atoms with van der Waals surface area (Å²) >= 11 is 11.4. The lowest BCUT2D eigenvalue weighted by molar-refractivity contribution is 0.0954. The molecule has 1 unspecified atom stereocenters. The van der Waals surface area contributed by atoms with E-state index in [-0.39, 0.29) is 6.10 Å². The molecular weight excluding hydrogens is 221 g/mol. The Balaban J connectivity index is 2.09. The number of nitrogens with zero attached hydrogens (tertiary/aromatic N) is 1. The molecule has 0 spiro atoms. The Labute approximate surface area is 92.5 Å². The minimum Gasteiger partial charge on any atom is -0.389 e. The lowest BCUT2D eigenvalue weighted by atomic mass is 10.1. The van der Waals surface area contributed by atoms with Gasteiger partial charge in [-0.2, -0.15) is 0 Å². The minimum absolute atomic E-state index is 0.214. The lowest BCUT2D eigenvalue weighted by Crippen LogP contribution is -2.16. The van der Waals surface area contributed by atoms with Crippen molar-refractivity contribution in [3.05, 3.63) is 35.9 Å². The summed E-state index contributed by atoms with van der Waals surface area (Å²) in [5.74, 6) is 0. The molecule has 4 heteroatoms. The van der Waals surface area contributed by atoms with Gasteiger partial charge in [-0.1, -0.05) is 35.5 Å². The van der Waals surface area contributed by atoms with Crippen LogP contribution in [-0.2, 0) is 4.84 Å². The summed E-state index contributed by atoms with van der Waals surface area (Å²) < 4.78 is 0. The van der Waals surface area contributed by atoms with E-state index in [1.54, 1.807) is 0 Å². The molecule has 1 aromatic carbocycles. The molecule has 1 atom stereocenters. The topological polar surface area (TPSA) is 21.6 Å². The van der Waals surface area contributed by atoms with Crippen LogP contribution in [0.5, 0.6) is 0 Å². The summed E-state index contributed by atoms with van der Waals surface area (Å²) in [5.41, 5.74) is 1.96. The number of benzene rings is 1. The Bertz CT molecular complexity index is 337. The smallest absolute Gasteiger partial charge is 0.163 e. The number of rotatable bonds is 2. The second kappa shape index (κ2) is 4.20. The predicted molar refractivity (Wildman–Crippen MR) is 58.0 cm³/mol. The highest BCUT2D eigenvalue weighted by molar-refractivity contribution is 6.44. The van der Waals surface area contributed by atoms with Crippen LogP contribution < -0.4 is 0 Å². The van der Waals surface area contributed by atoms with Crippen LogP contribution in [0.2, 0.25) is 0 Å². The van der Waals surface area contributed by atoms with Crippen molar-refractivity contribution in [2.75, 3.05) is 0 Å². The van der Waals surface area contributed by atoms with Gasteiger partial charge in [-0.25, -0.2) is 0 Å². The van der Waals surface area contributed by atoms with E-state index >= 15 is 0 Å². The third-order valence-electron chi connectivity index (χ3n) is 2.08. The van der Waals surface area contributed by atoms with Crippen molar-refractivity contribution in [1.82, 2.24) is 0 Å². The molecular formula is C10H9Cl2NO. The highest BCUT2D eigenvalue weighted by atomic mass is 35.5. The van der Waals surface area contributed by atoms with Crippen molar-refractivity contribution < 1.29 is 4.84 Å². The molecule has 0 fully saturated rings. The van der Waals surface area contributed by atoms with E-state index in [9.17, 15) is 0 Å². The molecule has 0 saturated heterocycles. The minimum atomic E-state index is -0.528. The molecule has 1 aliphatic heterocycles. The van der Waals surface area contributed by atoms with Crippen LogP contribution in [0, 0.1) is 0 Å². The summed E-state index contributed by atoms with van der Waals surface area (Å²) in [7, 11) is 0. The van der Waals surface area contributed by atoms with E-state index in [0.29, 0.717) is 6.42 Å². The quantitative estimate of drug-likeness (QED) is 0.715. The van der Waals surface area contributed by atoms with E-state index in [4.69, 9.17) is 28.0 Å². The molecule has 0 aliphatic carbocycles. The Morgan fingerprint density at radius 3 is 2.57 bits per heavy atom. The highest BCUT2D eigenvalue weighted by Crippen LogP contribution is 2.23. The zero-order valence-electron chi connectivity index (χ0n) is 7.36. The van der Waals surface area contributed by atoms with Crippen LogP contribution in [0.1, 0.15) is 12.0 Å². The van der Waals surface area contributed by atoms with Crippen LogP contribution in [0.3, 0.4) is 0 Å². The van der Waals surface area contributed by atoms with Crippen LogP contribution in [0.15, 0.2) is 35.5 Å². The predicted octanol–water partition coefficient (Wildman–Crippen LogP) is 2.98. The summed E-state index contributed by atoms with van der Waals surface area (Å²) in [6.07, 6.45) is 0.454. The summed E-state index contributed by atoms with van der Waals surface area (Å²) in [5, 5.41) is 3.96. The zero-order valence-corrected chi connectivity index (χ0v) is 8.87. The molecule has 1 aliphatic rings.